The van der Waals surface area contributed by atoms with Gasteiger partial charge in [0.1, 0.15) is 0 Å². The molecule has 6 heteroatoms. The minimum absolute atomic E-state index is 0.0508. The summed E-state index contributed by atoms with van der Waals surface area (Å²) in [4.78, 5) is 11.1. The lowest BCUT2D eigenvalue weighted by molar-refractivity contribution is 0.0688. The zero-order valence-corrected chi connectivity index (χ0v) is 10.2. The van der Waals surface area contributed by atoms with E-state index in [4.69, 9.17) is 16.7 Å². The molecule has 0 spiro atoms. The van der Waals surface area contributed by atoms with Crippen LogP contribution in [0.3, 0.4) is 0 Å². The van der Waals surface area contributed by atoms with Gasteiger partial charge in [0, 0.05) is 11.0 Å². The Balaban J connectivity index is 2.38. The molecule has 1 N–H and O–H groups in total. The highest BCUT2D eigenvalue weighted by molar-refractivity contribution is 6.29. The minimum atomic E-state index is -1.03. The van der Waals surface area contributed by atoms with Gasteiger partial charge in [0.05, 0.1) is 12.2 Å². The number of halogens is 1. The maximum absolute atomic E-state index is 11.1. The second-order valence-electron chi connectivity index (χ2n) is 4.28. The summed E-state index contributed by atoms with van der Waals surface area (Å²) in [5, 5.41) is 17.1. The summed E-state index contributed by atoms with van der Waals surface area (Å²) < 4.78 is 1.56. The van der Waals surface area contributed by atoms with Crippen molar-refractivity contribution in [3.63, 3.8) is 0 Å². The van der Waals surface area contributed by atoms with Crippen LogP contribution in [0, 0.1) is 0 Å². The molecule has 0 radical (unpaired) electrons. The lowest BCUT2D eigenvalue weighted by atomic mass is 10.0. The van der Waals surface area contributed by atoms with E-state index in [0.29, 0.717) is 17.3 Å². The van der Waals surface area contributed by atoms with Gasteiger partial charge < -0.3 is 5.11 Å². The molecule has 1 aliphatic carbocycles. The third kappa shape index (κ3) is 2.49. The number of carbonyl (C=O) groups is 1. The molecule has 0 atom stereocenters. The van der Waals surface area contributed by atoms with Crippen molar-refractivity contribution in [3.8, 4) is 0 Å². The standard InChI is InChI=1S/C11H14ClN3O2/c1-7(12)6-15-10(8-4-2-3-5-8)9(11(16)17)13-14-15/h8H,1-6H2,(H,16,17). The summed E-state index contributed by atoms with van der Waals surface area (Å²) in [6, 6.07) is 0. The predicted molar refractivity (Wildman–Crippen MR) is 63.2 cm³/mol. The Kier molecular flexibility index (Phi) is 3.47. The molecule has 0 bridgehead atoms. The van der Waals surface area contributed by atoms with Crippen molar-refractivity contribution >= 4 is 17.6 Å². The van der Waals surface area contributed by atoms with E-state index in [0.717, 1.165) is 25.7 Å². The smallest absolute Gasteiger partial charge is 0.358 e. The molecule has 1 aromatic rings. The number of carboxylic acid groups (broad SMARTS) is 1. The van der Waals surface area contributed by atoms with Crippen molar-refractivity contribution in [2.45, 2.75) is 38.1 Å². The SMILES string of the molecule is C=C(Cl)Cn1nnc(C(=O)O)c1C1CCCC1. The molecule has 1 aromatic heterocycles. The van der Waals surface area contributed by atoms with Gasteiger partial charge in [-0.1, -0.05) is 36.2 Å². The van der Waals surface area contributed by atoms with Gasteiger partial charge in [-0.3, -0.25) is 0 Å². The average molecular weight is 256 g/mol. The molecule has 1 aliphatic rings. The van der Waals surface area contributed by atoms with Crippen LogP contribution in [0.4, 0.5) is 0 Å². The minimum Gasteiger partial charge on any atom is -0.476 e. The summed E-state index contributed by atoms with van der Waals surface area (Å²) in [5.74, 6) is -0.801. The Morgan fingerprint density at radius 2 is 2.18 bits per heavy atom. The Morgan fingerprint density at radius 1 is 1.53 bits per heavy atom. The Hall–Kier alpha value is -1.36. The van der Waals surface area contributed by atoms with Gasteiger partial charge in [0.2, 0.25) is 0 Å². The van der Waals surface area contributed by atoms with Crippen LogP contribution in [-0.2, 0) is 6.54 Å². The normalized spacial score (nSPS) is 16.3. The maximum atomic E-state index is 11.1. The van der Waals surface area contributed by atoms with E-state index in [9.17, 15) is 4.79 Å². The number of aromatic nitrogens is 3. The van der Waals surface area contributed by atoms with Crippen LogP contribution in [0.5, 0.6) is 0 Å². The molecule has 2 rings (SSSR count). The van der Waals surface area contributed by atoms with Gasteiger partial charge in [-0.15, -0.1) is 5.10 Å². The van der Waals surface area contributed by atoms with Gasteiger partial charge in [-0.25, -0.2) is 9.48 Å². The molecule has 1 heterocycles. The predicted octanol–water partition coefficient (Wildman–Crippen LogP) is 2.39. The van der Waals surface area contributed by atoms with Crippen molar-refractivity contribution in [2.75, 3.05) is 0 Å². The molecule has 0 aromatic carbocycles. The lowest BCUT2D eigenvalue weighted by Crippen LogP contribution is -2.11. The number of aromatic carboxylic acids is 1. The molecule has 0 aliphatic heterocycles. The lowest BCUT2D eigenvalue weighted by Gasteiger charge is -2.11. The van der Waals surface area contributed by atoms with E-state index < -0.39 is 5.97 Å². The van der Waals surface area contributed by atoms with E-state index in [1.54, 1.807) is 4.68 Å². The molecule has 0 unspecified atom stereocenters. The van der Waals surface area contributed by atoms with E-state index in [-0.39, 0.29) is 11.6 Å². The van der Waals surface area contributed by atoms with Crippen molar-refractivity contribution in [1.82, 2.24) is 15.0 Å². The first kappa shape index (κ1) is 12.1. The van der Waals surface area contributed by atoms with Crippen molar-refractivity contribution in [1.29, 1.82) is 0 Å². The third-order valence-corrected chi connectivity index (χ3v) is 3.16. The average Bonchev–Trinajstić information content (AvgIpc) is 2.83. The molecular formula is C11H14ClN3O2. The van der Waals surface area contributed by atoms with Crippen LogP contribution in [0.1, 0.15) is 47.8 Å². The fourth-order valence-electron chi connectivity index (χ4n) is 2.36. The fourth-order valence-corrected chi connectivity index (χ4v) is 2.47. The number of hydrogen-bond donors (Lipinski definition) is 1. The topological polar surface area (TPSA) is 68.0 Å². The highest BCUT2D eigenvalue weighted by Crippen LogP contribution is 2.35. The molecule has 0 saturated heterocycles. The molecule has 17 heavy (non-hydrogen) atoms. The van der Waals surface area contributed by atoms with Crippen LogP contribution in [0.2, 0.25) is 0 Å². The van der Waals surface area contributed by atoms with Gasteiger partial charge in [0.15, 0.2) is 5.69 Å². The summed E-state index contributed by atoms with van der Waals surface area (Å²) in [6.07, 6.45) is 4.22. The number of hydrogen-bond acceptors (Lipinski definition) is 3. The van der Waals surface area contributed by atoms with Crippen LogP contribution >= 0.6 is 11.6 Å². The van der Waals surface area contributed by atoms with E-state index in [1.807, 2.05) is 0 Å². The highest BCUT2D eigenvalue weighted by Gasteiger charge is 2.28. The molecule has 0 amide bonds. The first-order valence-corrected chi connectivity index (χ1v) is 5.97. The number of nitrogens with zero attached hydrogens (tertiary/aromatic N) is 3. The van der Waals surface area contributed by atoms with Gasteiger partial charge in [0.25, 0.3) is 0 Å². The van der Waals surface area contributed by atoms with E-state index in [2.05, 4.69) is 16.9 Å². The Labute approximate surface area is 104 Å². The maximum Gasteiger partial charge on any atom is 0.358 e. The molecule has 92 valence electrons. The molecule has 1 saturated carbocycles. The van der Waals surface area contributed by atoms with E-state index in [1.165, 1.54) is 0 Å². The zero-order chi connectivity index (χ0) is 12.4. The summed E-state index contributed by atoms with van der Waals surface area (Å²) in [5.41, 5.74) is 0.742. The Morgan fingerprint density at radius 3 is 2.71 bits per heavy atom. The number of carboxylic acids is 1. The first-order valence-electron chi connectivity index (χ1n) is 5.59. The van der Waals surface area contributed by atoms with Crippen molar-refractivity contribution in [2.24, 2.45) is 0 Å². The second-order valence-corrected chi connectivity index (χ2v) is 4.82. The number of allylic oxidation sites excluding steroid dienone is 1. The van der Waals surface area contributed by atoms with Gasteiger partial charge in [-0.05, 0) is 12.8 Å². The summed E-state index contributed by atoms with van der Waals surface area (Å²) in [6.45, 7) is 3.91. The van der Waals surface area contributed by atoms with Crippen LogP contribution in [0.25, 0.3) is 0 Å². The largest absolute Gasteiger partial charge is 0.476 e. The van der Waals surface area contributed by atoms with Gasteiger partial charge in [-0.2, -0.15) is 0 Å². The summed E-state index contributed by atoms with van der Waals surface area (Å²) >= 11 is 5.75. The zero-order valence-electron chi connectivity index (χ0n) is 9.40. The Bertz CT molecular complexity index is 450. The summed E-state index contributed by atoms with van der Waals surface area (Å²) in [7, 11) is 0. The number of rotatable bonds is 4. The molecule has 5 nitrogen and oxygen atoms in total. The van der Waals surface area contributed by atoms with Crippen LogP contribution in [-0.4, -0.2) is 26.1 Å². The molecular weight excluding hydrogens is 242 g/mol. The van der Waals surface area contributed by atoms with Gasteiger partial charge >= 0.3 is 5.97 Å². The quantitative estimate of drug-likeness (QED) is 0.897. The van der Waals surface area contributed by atoms with Crippen LogP contribution < -0.4 is 0 Å². The first-order chi connectivity index (χ1) is 8.09. The van der Waals surface area contributed by atoms with Crippen LogP contribution in [0.15, 0.2) is 11.6 Å². The third-order valence-electron chi connectivity index (χ3n) is 3.04. The van der Waals surface area contributed by atoms with E-state index >= 15 is 0 Å². The van der Waals surface area contributed by atoms with Crippen molar-refractivity contribution in [3.05, 3.63) is 23.0 Å². The second kappa shape index (κ2) is 4.87. The molecule has 1 fully saturated rings. The highest BCUT2D eigenvalue weighted by atomic mass is 35.5. The monoisotopic (exact) mass is 255 g/mol. The van der Waals surface area contributed by atoms with Crippen molar-refractivity contribution < 1.29 is 9.90 Å². The fraction of sp³-hybridized carbons (Fsp3) is 0.545.